The zero-order valence-electron chi connectivity index (χ0n) is 37.9. The van der Waals surface area contributed by atoms with Crippen molar-refractivity contribution in [1.82, 2.24) is 10.6 Å². The van der Waals surface area contributed by atoms with Crippen LogP contribution in [0.5, 0.6) is 46.0 Å². The standard InChI is InChI=1S/C28H36N2O8.C18H22O4.C2H3NO/c1-7-25(31)35-21-11-9-20(16-24(21)38-28(34)30-6)14-18(4)17(3)13-19-10-12-22(37-27(33)29-5)23(15-19)36-26(32)8-2;1-11(7-13-3-5-15(19)17(21)9-13)12(2)8-14-4-6-16(20)18(22)10-14;1-3-2-4/h9-12,15-18H,7-8,13-14H2,1-6H3,(H,29,33)(H,30,34);3-6,9-12,19-22H,7-8H2,1-2H3;1H3/t17-,18+;11-,12+;/m0../s1. The summed E-state index contributed by atoms with van der Waals surface area (Å²) in [6.07, 6.45) is 3.27. The van der Waals surface area contributed by atoms with Crippen molar-refractivity contribution >= 4 is 30.2 Å². The summed E-state index contributed by atoms with van der Waals surface area (Å²) in [7, 11) is 4.27. The number of esters is 2. The lowest BCUT2D eigenvalue weighted by atomic mass is 9.85. The maximum atomic E-state index is 11.9. The molecule has 0 aromatic heterocycles. The molecule has 0 radical (unpaired) electrons. The van der Waals surface area contributed by atoms with Gasteiger partial charge in [0.15, 0.2) is 46.0 Å². The predicted octanol–water partition coefficient (Wildman–Crippen LogP) is 8.33. The maximum absolute atomic E-state index is 11.9. The molecular formula is C48H61N3O13. The van der Waals surface area contributed by atoms with Gasteiger partial charge in [0.1, 0.15) is 0 Å². The Morgan fingerprint density at radius 1 is 0.516 bits per heavy atom. The topological polar surface area (TPSA) is 240 Å². The van der Waals surface area contributed by atoms with Gasteiger partial charge < -0.3 is 50.0 Å². The van der Waals surface area contributed by atoms with Gasteiger partial charge in [0.05, 0.1) is 0 Å². The normalized spacial score (nSPS) is 12.1. The lowest BCUT2D eigenvalue weighted by molar-refractivity contribution is -0.135. The highest BCUT2D eigenvalue weighted by molar-refractivity contribution is 5.76. The van der Waals surface area contributed by atoms with Crippen LogP contribution in [0, 0.1) is 23.7 Å². The summed E-state index contributed by atoms with van der Waals surface area (Å²) in [6.45, 7) is 11.8. The van der Waals surface area contributed by atoms with Crippen LogP contribution in [0.25, 0.3) is 0 Å². The first-order chi connectivity index (χ1) is 30.4. The molecule has 0 saturated carbocycles. The first-order valence-electron chi connectivity index (χ1n) is 20.8. The number of benzene rings is 4. The van der Waals surface area contributed by atoms with E-state index >= 15 is 0 Å². The van der Waals surface area contributed by atoms with Gasteiger partial charge in [-0.05, 0) is 120 Å². The van der Waals surface area contributed by atoms with Crippen molar-refractivity contribution in [2.75, 3.05) is 21.1 Å². The van der Waals surface area contributed by atoms with Crippen LogP contribution in [-0.2, 0) is 40.1 Å². The number of ether oxygens (including phenoxy) is 4. The summed E-state index contributed by atoms with van der Waals surface area (Å²) >= 11 is 0. The van der Waals surface area contributed by atoms with Gasteiger partial charge in [-0.25, -0.2) is 19.4 Å². The minimum Gasteiger partial charge on any atom is -0.504 e. The van der Waals surface area contributed by atoms with Gasteiger partial charge in [0, 0.05) is 34.0 Å². The number of nitrogens with zero attached hydrogens (tertiary/aromatic N) is 1. The van der Waals surface area contributed by atoms with Gasteiger partial charge in [-0.2, -0.15) is 0 Å². The molecule has 64 heavy (non-hydrogen) atoms. The Labute approximate surface area is 374 Å². The van der Waals surface area contributed by atoms with Crippen LogP contribution in [-0.4, -0.2) is 71.8 Å². The number of aliphatic imine (C=N–C) groups is 1. The second kappa shape index (κ2) is 27.1. The molecule has 16 heteroatoms. The van der Waals surface area contributed by atoms with Crippen LogP contribution in [0.3, 0.4) is 0 Å². The van der Waals surface area contributed by atoms with Gasteiger partial charge in [-0.15, -0.1) is 0 Å². The van der Waals surface area contributed by atoms with Crippen LogP contribution in [0.15, 0.2) is 77.8 Å². The third-order valence-electron chi connectivity index (χ3n) is 10.2. The van der Waals surface area contributed by atoms with E-state index in [9.17, 15) is 39.6 Å². The molecule has 4 aromatic carbocycles. The molecule has 0 saturated heterocycles. The van der Waals surface area contributed by atoms with Gasteiger partial charge in [0.2, 0.25) is 6.08 Å². The number of aromatic hydroxyl groups is 4. The Morgan fingerprint density at radius 2 is 0.812 bits per heavy atom. The molecule has 0 bridgehead atoms. The molecular weight excluding hydrogens is 827 g/mol. The molecule has 0 unspecified atom stereocenters. The highest BCUT2D eigenvalue weighted by atomic mass is 16.6. The Hall–Kier alpha value is -7.06. The van der Waals surface area contributed by atoms with E-state index in [1.54, 1.807) is 50.2 Å². The number of carbonyl (C=O) groups excluding carboxylic acids is 5. The van der Waals surface area contributed by atoms with Crippen molar-refractivity contribution in [3.63, 3.8) is 0 Å². The molecule has 0 aliphatic carbocycles. The number of hydrogen-bond donors (Lipinski definition) is 6. The molecule has 4 atom stereocenters. The van der Waals surface area contributed by atoms with E-state index in [1.165, 1.54) is 39.4 Å². The second-order valence-electron chi connectivity index (χ2n) is 15.2. The van der Waals surface area contributed by atoms with E-state index in [2.05, 4.69) is 43.3 Å². The summed E-state index contributed by atoms with van der Waals surface area (Å²) in [4.78, 5) is 59.0. The first kappa shape index (κ1) is 53.1. The van der Waals surface area contributed by atoms with Gasteiger partial charge in [-0.3, -0.25) is 9.59 Å². The van der Waals surface area contributed by atoms with Crippen molar-refractivity contribution in [2.45, 2.75) is 80.1 Å². The molecule has 2 amide bonds. The lowest BCUT2D eigenvalue weighted by Crippen LogP contribution is -2.23. The summed E-state index contributed by atoms with van der Waals surface area (Å²) in [5, 5.41) is 42.5. The molecule has 346 valence electrons. The molecule has 0 aliphatic heterocycles. The molecule has 0 fully saturated rings. The van der Waals surface area contributed by atoms with E-state index in [1.807, 2.05) is 24.3 Å². The van der Waals surface area contributed by atoms with E-state index in [-0.39, 0.29) is 70.7 Å². The van der Waals surface area contributed by atoms with Gasteiger partial charge >= 0.3 is 24.1 Å². The van der Waals surface area contributed by atoms with E-state index in [0.29, 0.717) is 24.7 Å². The minimum absolute atomic E-state index is 0.0965. The Bertz CT molecular complexity index is 2070. The number of isocyanates is 1. The van der Waals surface area contributed by atoms with Crippen LogP contribution in [0.4, 0.5) is 9.59 Å². The number of rotatable bonds is 16. The third-order valence-corrected chi connectivity index (χ3v) is 10.2. The Balaban J connectivity index is 0.000000454. The van der Waals surface area contributed by atoms with Gasteiger partial charge in [-0.1, -0.05) is 65.8 Å². The average molecular weight is 888 g/mol. The molecule has 4 rings (SSSR count). The molecule has 0 aliphatic rings. The molecule has 0 heterocycles. The van der Waals surface area contributed by atoms with E-state index in [4.69, 9.17) is 23.7 Å². The summed E-state index contributed by atoms with van der Waals surface area (Å²) in [5.41, 5.74) is 3.77. The second-order valence-corrected chi connectivity index (χ2v) is 15.2. The number of carbonyl (C=O) groups is 4. The SMILES string of the molecule is CCC(=O)Oc1cc(C[C@H](C)[C@H](C)Cc2ccc(OC(=O)CC)c(OC(=O)NC)c2)ccc1OC(=O)NC.CN=C=O.C[C@H](Cc1ccc(O)c(O)c1)[C@@H](C)Cc1ccc(O)c(O)c1. The number of amides is 2. The first-order valence-corrected chi connectivity index (χ1v) is 20.8. The molecule has 0 spiro atoms. The fraction of sp³-hybridized carbons (Fsp3) is 0.396. The fourth-order valence-electron chi connectivity index (χ4n) is 6.06. The van der Waals surface area contributed by atoms with E-state index in [0.717, 1.165) is 35.1 Å². The van der Waals surface area contributed by atoms with Crippen molar-refractivity contribution in [2.24, 2.45) is 28.7 Å². The molecule has 4 aromatic rings. The summed E-state index contributed by atoms with van der Waals surface area (Å²) < 4.78 is 21.2. The number of hydrogen-bond acceptors (Lipinski definition) is 14. The smallest absolute Gasteiger partial charge is 0.412 e. The number of phenols is 4. The summed E-state index contributed by atoms with van der Waals surface area (Å²) in [6, 6.07) is 20.1. The minimum atomic E-state index is -0.666. The lowest BCUT2D eigenvalue weighted by Gasteiger charge is -2.21. The fourth-order valence-corrected chi connectivity index (χ4v) is 6.06. The monoisotopic (exact) mass is 887 g/mol. The van der Waals surface area contributed by atoms with Crippen LogP contribution in [0.2, 0.25) is 0 Å². The van der Waals surface area contributed by atoms with Crippen molar-refractivity contribution in [3.05, 3.63) is 95.1 Å². The number of phenolic OH excluding ortho intramolecular Hbond substituents is 4. The van der Waals surface area contributed by atoms with Crippen LogP contribution >= 0.6 is 0 Å². The average Bonchev–Trinajstić information content (AvgIpc) is 3.27. The molecule has 16 nitrogen and oxygen atoms in total. The van der Waals surface area contributed by atoms with Crippen molar-refractivity contribution in [1.29, 1.82) is 0 Å². The van der Waals surface area contributed by atoms with Crippen molar-refractivity contribution in [3.8, 4) is 46.0 Å². The zero-order chi connectivity index (χ0) is 47.9. The van der Waals surface area contributed by atoms with Crippen molar-refractivity contribution < 1.29 is 63.3 Å². The quantitative estimate of drug-likeness (QED) is 0.0204. The number of nitrogens with one attached hydrogen (secondary N) is 2. The van der Waals surface area contributed by atoms with Crippen LogP contribution in [0.1, 0.15) is 76.6 Å². The highest BCUT2D eigenvalue weighted by Gasteiger charge is 2.20. The summed E-state index contributed by atoms with van der Waals surface area (Å²) in [5.74, 6) is 0.538. The zero-order valence-corrected chi connectivity index (χ0v) is 37.9. The van der Waals surface area contributed by atoms with Crippen LogP contribution < -0.4 is 29.6 Å². The predicted molar refractivity (Wildman–Crippen MR) is 240 cm³/mol. The third kappa shape index (κ3) is 18.1. The highest BCUT2D eigenvalue weighted by Crippen LogP contribution is 2.34. The maximum Gasteiger partial charge on any atom is 0.412 e. The largest absolute Gasteiger partial charge is 0.504 e. The Morgan fingerprint density at radius 3 is 1.14 bits per heavy atom. The Kier molecular flexibility index (Phi) is 22.5. The van der Waals surface area contributed by atoms with Gasteiger partial charge in [0.25, 0.3) is 0 Å². The van der Waals surface area contributed by atoms with E-state index < -0.39 is 24.1 Å². The molecule has 6 N–H and O–H groups in total.